The van der Waals surface area contributed by atoms with Crippen molar-refractivity contribution >= 4 is 16.0 Å². The Hall–Kier alpha value is -1.21. The lowest BCUT2D eigenvalue weighted by Crippen LogP contribution is -2.39. The highest BCUT2D eigenvalue weighted by Gasteiger charge is 2.33. The minimum atomic E-state index is -3.50. The summed E-state index contributed by atoms with van der Waals surface area (Å²) < 4.78 is 26.6. The van der Waals surface area contributed by atoms with Crippen LogP contribution in [0.5, 0.6) is 0 Å². The Morgan fingerprint density at radius 1 is 1.33 bits per heavy atom. The molecule has 1 saturated carbocycles. The lowest BCUT2D eigenvalue weighted by Gasteiger charge is -2.38. The van der Waals surface area contributed by atoms with E-state index in [0.717, 1.165) is 12.8 Å². The molecule has 0 atom stereocenters. The van der Waals surface area contributed by atoms with Crippen LogP contribution < -0.4 is 10.0 Å². The van der Waals surface area contributed by atoms with Crippen molar-refractivity contribution < 1.29 is 8.42 Å². The topological polar surface area (TPSA) is 84.0 Å². The quantitative estimate of drug-likeness (QED) is 0.833. The van der Waals surface area contributed by atoms with Gasteiger partial charge in [0.05, 0.1) is 12.4 Å². The first-order chi connectivity index (χ1) is 8.45. The van der Waals surface area contributed by atoms with Crippen LogP contribution in [0.1, 0.15) is 26.2 Å². The van der Waals surface area contributed by atoms with Crippen LogP contribution in [0.15, 0.2) is 17.3 Å². The van der Waals surface area contributed by atoms with Gasteiger partial charge in [0.15, 0.2) is 0 Å². The molecule has 2 N–H and O–H groups in total. The Balaban J connectivity index is 2.05. The van der Waals surface area contributed by atoms with Crippen LogP contribution in [0.4, 0.5) is 5.95 Å². The number of nitrogens with one attached hydrogen (secondary N) is 2. The van der Waals surface area contributed by atoms with Gasteiger partial charge in [-0.2, -0.15) is 0 Å². The average Bonchev–Trinajstić information content (AvgIpc) is 2.34. The highest BCUT2D eigenvalue weighted by atomic mass is 32.2. The molecule has 1 aliphatic carbocycles. The van der Waals surface area contributed by atoms with Gasteiger partial charge in [-0.1, -0.05) is 13.3 Å². The van der Waals surface area contributed by atoms with Crippen LogP contribution in [-0.2, 0) is 10.0 Å². The maximum Gasteiger partial charge on any atom is 0.243 e. The number of rotatable bonds is 5. The van der Waals surface area contributed by atoms with Crippen molar-refractivity contribution in [3.05, 3.63) is 12.4 Å². The highest BCUT2D eigenvalue weighted by molar-refractivity contribution is 7.89. The fourth-order valence-corrected chi connectivity index (χ4v) is 2.98. The second kappa shape index (κ2) is 4.81. The molecule has 1 aliphatic rings. The summed E-state index contributed by atoms with van der Waals surface area (Å²) in [5.41, 5.74) is 0.110. The first-order valence-electron chi connectivity index (χ1n) is 5.95. The van der Waals surface area contributed by atoms with E-state index < -0.39 is 10.0 Å². The summed E-state index contributed by atoms with van der Waals surface area (Å²) in [7, 11) is -1.82. The number of hydrogen-bond acceptors (Lipinski definition) is 5. The third kappa shape index (κ3) is 2.78. The Kier molecular flexibility index (Phi) is 3.54. The van der Waals surface area contributed by atoms with Gasteiger partial charge in [-0.25, -0.2) is 23.1 Å². The van der Waals surface area contributed by atoms with E-state index in [-0.39, 0.29) is 10.3 Å². The summed E-state index contributed by atoms with van der Waals surface area (Å²) in [6, 6.07) is 0. The summed E-state index contributed by atoms with van der Waals surface area (Å²) >= 11 is 0. The van der Waals surface area contributed by atoms with E-state index in [1.165, 1.54) is 18.8 Å². The Bertz CT molecular complexity index is 508. The summed E-state index contributed by atoms with van der Waals surface area (Å²) in [5, 5.41) is 2.74. The number of nitrogens with zero attached hydrogens (tertiary/aromatic N) is 2. The van der Waals surface area contributed by atoms with E-state index in [1.807, 2.05) is 0 Å². The summed E-state index contributed by atoms with van der Waals surface area (Å²) in [5.74, 6) is 0.403. The standard InChI is InChI=1S/C11H18N4O2S/c1-11(4-3-5-11)8-15-18(16,17)9-6-13-10(12-2)14-7-9/h6-7,15H,3-5,8H2,1-2H3,(H,12,13,14). The van der Waals surface area contributed by atoms with Gasteiger partial charge in [0, 0.05) is 13.6 Å². The molecule has 6 nitrogen and oxygen atoms in total. The molecule has 1 aromatic rings. The molecule has 0 amide bonds. The molecule has 0 spiro atoms. The van der Waals surface area contributed by atoms with Crippen LogP contribution in [0.25, 0.3) is 0 Å². The predicted molar refractivity (Wildman–Crippen MR) is 68.7 cm³/mol. The molecule has 1 heterocycles. The average molecular weight is 270 g/mol. The summed E-state index contributed by atoms with van der Waals surface area (Å²) in [6.45, 7) is 2.57. The minimum Gasteiger partial charge on any atom is -0.357 e. The van der Waals surface area contributed by atoms with Gasteiger partial charge in [0.25, 0.3) is 0 Å². The van der Waals surface area contributed by atoms with Crippen molar-refractivity contribution in [2.45, 2.75) is 31.1 Å². The van der Waals surface area contributed by atoms with E-state index in [4.69, 9.17) is 0 Å². The maximum atomic E-state index is 12.0. The summed E-state index contributed by atoms with van der Waals surface area (Å²) in [4.78, 5) is 7.90. The SMILES string of the molecule is CNc1ncc(S(=O)(=O)NCC2(C)CCC2)cn1. The lowest BCUT2D eigenvalue weighted by molar-refractivity contribution is 0.166. The van der Waals surface area contributed by atoms with E-state index >= 15 is 0 Å². The molecular formula is C11H18N4O2S. The Morgan fingerprint density at radius 2 is 1.94 bits per heavy atom. The zero-order chi connectivity index (χ0) is 13.2. The number of aromatic nitrogens is 2. The monoisotopic (exact) mass is 270 g/mol. The molecule has 1 aromatic heterocycles. The molecule has 1 fully saturated rings. The van der Waals surface area contributed by atoms with Crippen molar-refractivity contribution in [2.24, 2.45) is 5.41 Å². The zero-order valence-electron chi connectivity index (χ0n) is 10.6. The molecule has 0 unspecified atom stereocenters. The first-order valence-corrected chi connectivity index (χ1v) is 7.43. The van der Waals surface area contributed by atoms with Crippen molar-refractivity contribution in [2.75, 3.05) is 18.9 Å². The van der Waals surface area contributed by atoms with Crippen LogP contribution in [-0.4, -0.2) is 32.0 Å². The first kappa shape index (κ1) is 13.2. The smallest absolute Gasteiger partial charge is 0.243 e. The molecule has 0 radical (unpaired) electrons. The van der Waals surface area contributed by atoms with E-state index in [1.54, 1.807) is 7.05 Å². The molecule has 0 aromatic carbocycles. The Labute approximate surface area is 107 Å². The fourth-order valence-electron chi connectivity index (χ4n) is 1.89. The van der Waals surface area contributed by atoms with Crippen LogP contribution in [0, 0.1) is 5.41 Å². The van der Waals surface area contributed by atoms with Gasteiger partial charge in [0.2, 0.25) is 16.0 Å². The normalized spacial score (nSPS) is 18.1. The molecule has 2 rings (SSSR count). The van der Waals surface area contributed by atoms with Crippen molar-refractivity contribution in [1.29, 1.82) is 0 Å². The number of sulfonamides is 1. The Morgan fingerprint density at radius 3 is 2.39 bits per heavy atom. The van der Waals surface area contributed by atoms with E-state index in [2.05, 4.69) is 26.9 Å². The van der Waals surface area contributed by atoms with Gasteiger partial charge in [0.1, 0.15) is 4.90 Å². The van der Waals surface area contributed by atoms with Crippen molar-refractivity contribution in [3.8, 4) is 0 Å². The van der Waals surface area contributed by atoms with Crippen LogP contribution >= 0.6 is 0 Å². The summed E-state index contributed by atoms with van der Waals surface area (Å²) in [6.07, 6.45) is 5.95. The largest absolute Gasteiger partial charge is 0.357 e. The lowest BCUT2D eigenvalue weighted by atomic mass is 9.71. The third-order valence-corrected chi connectivity index (χ3v) is 4.77. The van der Waals surface area contributed by atoms with Crippen molar-refractivity contribution in [1.82, 2.24) is 14.7 Å². The number of anilines is 1. The van der Waals surface area contributed by atoms with Crippen LogP contribution in [0.3, 0.4) is 0 Å². The van der Waals surface area contributed by atoms with Gasteiger partial charge >= 0.3 is 0 Å². The van der Waals surface area contributed by atoms with E-state index in [9.17, 15) is 8.42 Å². The third-order valence-electron chi connectivity index (χ3n) is 3.41. The maximum absolute atomic E-state index is 12.0. The van der Waals surface area contributed by atoms with Gasteiger partial charge in [-0.05, 0) is 18.3 Å². The van der Waals surface area contributed by atoms with Crippen molar-refractivity contribution in [3.63, 3.8) is 0 Å². The minimum absolute atomic E-state index is 0.101. The molecule has 18 heavy (non-hydrogen) atoms. The number of hydrogen-bond donors (Lipinski definition) is 2. The van der Waals surface area contributed by atoms with Gasteiger partial charge in [-0.3, -0.25) is 0 Å². The second-order valence-electron chi connectivity index (χ2n) is 4.98. The molecule has 0 bridgehead atoms. The van der Waals surface area contributed by atoms with Gasteiger partial charge in [-0.15, -0.1) is 0 Å². The molecule has 100 valence electrons. The van der Waals surface area contributed by atoms with Gasteiger partial charge < -0.3 is 5.32 Å². The highest BCUT2D eigenvalue weighted by Crippen LogP contribution is 2.39. The second-order valence-corrected chi connectivity index (χ2v) is 6.75. The molecular weight excluding hydrogens is 252 g/mol. The van der Waals surface area contributed by atoms with E-state index in [0.29, 0.717) is 12.5 Å². The fraction of sp³-hybridized carbons (Fsp3) is 0.636. The predicted octanol–water partition coefficient (Wildman–Crippen LogP) is 0.987. The van der Waals surface area contributed by atoms with Crippen LogP contribution in [0.2, 0.25) is 0 Å². The molecule has 7 heteroatoms. The zero-order valence-corrected chi connectivity index (χ0v) is 11.4. The molecule has 0 aliphatic heterocycles. The molecule has 0 saturated heterocycles.